The Hall–Kier alpha value is -3.22. The van der Waals surface area contributed by atoms with Crippen LogP contribution in [0.2, 0.25) is 0 Å². The van der Waals surface area contributed by atoms with Crippen molar-refractivity contribution < 1.29 is 23.4 Å². The smallest absolute Gasteiger partial charge is 0.248 e. The Labute approximate surface area is 169 Å². The number of halogens is 1. The van der Waals surface area contributed by atoms with Crippen LogP contribution >= 0.6 is 0 Å². The van der Waals surface area contributed by atoms with E-state index in [0.717, 1.165) is 25.9 Å². The van der Waals surface area contributed by atoms with Crippen LogP contribution in [0.15, 0.2) is 36.4 Å². The third-order valence-electron chi connectivity index (χ3n) is 4.80. The van der Waals surface area contributed by atoms with Crippen molar-refractivity contribution in [3.8, 4) is 17.2 Å². The van der Waals surface area contributed by atoms with Crippen LogP contribution in [0.1, 0.15) is 18.4 Å². The van der Waals surface area contributed by atoms with Gasteiger partial charge >= 0.3 is 0 Å². The van der Waals surface area contributed by atoms with Crippen LogP contribution in [-0.4, -0.2) is 40.3 Å². The molecule has 0 aromatic heterocycles. The fourth-order valence-corrected chi connectivity index (χ4v) is 3.39. The second-order valence-electron chi connectivity index (χ2n) is 6.61. The van der Waals surface area contributed by atoms with Gasteiger partial charge in [-0.15, -0.1) is 0 Å². The summed E-state index contributed by atoms with van der Waals surface area (Å²) in [4.78, 5) is 14.6. The Morgan fingerprint density at radius 1 is 1.07 bits per heavy atom. The van der Waals surface area contributed by atoms with E-state index in [1.807, 2.05) is 6.07 Å². The molecule has 2 aromatic rings. The van der Waals surface area contributed by atoms with Crippen LogP contribution in [0, 0.1) is 5.82 Å². The van der Waals surface area contributed by atoms with Gasteiger partial charge in [0.2, 0.25) is 11.7 Å². The van der Waals surface area contributed by atoms with Gasteiger partial charge in [-0.1, -0.05) is 6.07 Å². The molecule has 7 heteroatoms. The Balaban J connectivity index is 1.81. The van der Waals surface area contributed by atoms with E-state index in [1.54, 1.807) is 24.3 Å². The highest BCUT2D eigenvalue weighted by Gasteiger charge is 2.19. The van der Waals surface area contributed by atoms with Crippen molar-refractivity contribution in [2.45, 2.75) is 12.8 Å². The number of nitrogens with zero attached hydrogens (tertiary/aromatic N) is 1. The molecule has 2 aromatic carbocycles. The topological polar surface area (TPSA) is 60.0 Å². The molecule has 1 N–H and O–H groups in total. The summed E-state index contributed by atoms with van der Waals surface area (Å²) in [5.74, 6) is 0.557. The lowest BCUT2D eigenvalue weighted by Crippen LogP contribution is -2.21. The summed E-state index contributed by atoms with van der Waals surface area (Å²) in [6, 6.07) is 8.28. The average Bonchev–Trinajstić information content (AvgIpc) is 3.27. The molecule has 0 saturated carbocycles. The minimum atomic E-state index is -0.455. The lowest BCUT2D eigenvalue weighted by molar-refractivity contribution is -0.111. The molecule has 1 fully saturated rings. The summed E-state index contributed by atoms with van der Waals surface area (Å²) in [6.45, 7) is 1.71. The van der Waals surface area contributed by atoms with E-state index >= 15 is 0 Å². The van der Waals surface area contributed by atoms with Crippen LogP contribution in [0.3, 0.4) is 0 Å². The molecule has 0 atom stereocenters. The van der Waals surface area contributed by atoms with Crippen LogP contribution in [0.5, 0.6) is 17.2 Å². The number of rotatable bonds is 7. The summed E-state index contributed by atoms with van der Waals surface area (Å²) in [7, 11) is 4.57. The molecule has 1 heterocycles. The molecule has 0 bridgehead atoms. The molecule has 0 aliphatic carbocycles. The normalized spacial score (nSPS) is 13.6. The summed E-state index contributed by atoms with van der Waals surface area (Å²) in [5, 5.41) is 2.68. The van der Waals surface area contributed by atoms with Crippen LogP contribution in [-0.2, 0) is 4.79 Å². The van der Waals surface area contributed by atoms with E-state index in [9.17, 15) is 9.18 Å². The predicted octanol–water partition coefficient (Wildman–Crippen LogP) is 4.10. The number of hydrogen-bond donors (Lipinski definition) is 1. The van der Waals surface area contributed by atoms with Gasteiger partial charge in [0.25, 0.3) is 0 Å². The summed E-state index contributed by atoms with van der Waals surface area (Å²) in [6.07, 6.45) is 5.08. The monoisotopic (exact) mass is 400 g/mol. The number of nitrogens with one attached hydrogen (secondary N) is 1. The second kappa shape index (κ2) is 9.32. The minimum absolute atomic E-state index is 0.203. The van der Waals surface area contributed by atoms with Crippen molar-refractivity contribution in [1.29, 1.82) is 0 Å². The zero-order valence-electron chi connectivity index (χ0n) is 16.8. The van der Waals surface area contributed by atoms with Gasteiger partial charge in [-0.25, -0.2) is 4.39 Å². The third kappa shape index (κ3) is 4.62. The summed E-state index contributed by atoms with van der Waals surface area (Å²) < 4.78 is 30.3. The third-order valence-corrected chi connectivity index (χ3v) is 4.80. The number of benzene rings is 2. The lowest BCUT2D eigenvalue weighted by atomic mass is 10.1. The van der Waals surface area contributed by atoms with Gasteiger partial charge in [0, 0.05) is 19.2 Å². The van der Waals surface area contributed by atoms with E-state index in [-0.39, 0.29) is 5.69 Å². The van der Waals surface area contributed by atoms with Gasteiger partial charge in [0.05, 0.1) is 27.0 Å². The summed E-state index contributed by atoms with van der Waals surface area (Å²) in [5.41, 5.74) is 1.59. The quantitative estimate of drug-likeness (QED) is 0.709. The number of carbonyl (C=O) groups excluding carboxylic acids is 1. The molecule has 1 aliphatic heterocycles. The highest BCUT2D eigenvalue weighted by molar-refractivity contribution is 6.04. The maximum atomic E-state index is 14.4. The lowest BCUT2D eigenvalue weighted by Gasteiger charge is -2.21. The molecule has 1 amide bonds. The Morgan fingerprint density at radius 3 is 2.31 bits per heavy atom. The van der Waals surface area contributed by atoms with Gasteiger partial charge in [0.15, 0.2) is 11.5 Å². The fourth-order valence-electron chi connectivity index (χ4n) is 3.39. The Kier molecular flexibility index (Phi) is 6.59. The fraction of sp³-hybridized carbons (Fsp3) is 0.318. The SMILES string of the molecule is COc1cc(/C=C/C(=O)Nc2c(F)cccc2N2CCCC2)cc(OC)c1OC. The molecule has 0 unspecified atom stereocenters. The van der Waals surface area contributed by atoms with Crippen molar-refractivity contribution in [2.24, 2.45) is 0 Å². The molecular formula is C22H25FN2O4. The van der Waals surface area contributed by atoms with E-state index in [4.69, 9.17) is 14.2 Å². The van der Waals surface area contributed by atoms with Crippen LogP contribution in [0.4, 0.5) is 15.8 Å². The average molecular weight is 400 g/mol. The van der Waals surface area contributed by atoms with Gasteiger partial charge in [-0.3, -0.25) is 4.79 Å². The van der Waals surface area contributed by atoms with Crippen molar-refractivity contribution >= 4 is 23.4 Å². The molecular weight excluding hydrogens is 375 g/mol. The van der Waals surface area contributed by atoms with Crippen molar-refractivity contribution in [3.63, 3.8) is 0 Å². The van der Waals surface area contributed by atoms with Crippen LogP contribution < -0.4 is 24.4 Å². The van der Waals surface area contributed by atoms with Gasteiger partial charge in [-0.05, 0) is 48.7 Å². The van der Waals surface area contributed by atoms with E-state index in [1.165, 1.54) is 33.5 Å². The van der Waals surface area contributed by atoms with Crippen molar-refractivity contribution in [1.82, 2.24) is 0 Å². The number of methoxy groups -OCH3 is 3. The predicted molar refractivity (Wildman–Crippen MR) is 112 cm³/mol. The maximum absolute atomic E-state index is 14.4. The first-order chi connectivity index (χ1) is 14.1. The van der Waals surface area contributed by atoms with Crippen molar-refractivity contribution in [3.05, 3.63) is 47.8 Å². The first kappa shape index (κ1) is 20.5. The standard InChI is InChI=1S/C22H25FN2O4/c1-27-18-13-15(14-19(28-2)22(18)29-3)9-10-20(26)24-21-16(23)7-6-8-17(21)25-11-4-5-12-25/h6-10,13-14H,4-5,11-12H2,1-3H3,(H,24,26)/b10-9+. The largest absolute Gasteiger partial charge is 0.493 e. The van der Waals surface area contributed by atoms with E-state index in [2.05, 4.69) is 10.2 Å². The zero-order chi connectivity index (χ0) is 20.8. The number of para-hydroxylation sites is 1. The number of ether oxygens (including phenoxy) is 3. The number of anilines is 2. The maximum Gasteiger partial charge on any atom is 0.248 e. The van der Waals surface area contributed by atoms with Gasteiger partial charge < -0.3 is 24.4 Å². The first-order valence-corrected chi connectivity index (χ1v) is 9.40. The first-order valence-electron chi connectivity index (χ1n) is 9.40. The second-order valence-corrected chi connectivity index (χ2v) is 6.61. The highest BCUT2D eigenvalue weighted by atomic mass is 19.1. The molecule has 154 valence electrons. The van der Waals surface area contributed by atoms with E-state index in [0.29, 0.717) is 28.5 Å². The highest BCUT2D eigenvalue weighted by Crippen LogP contribution is 2.38. The molecule has 29 heavy (non-hydrogen) atoms. The van der Waals surface area contributed by atoms with E-state index < -0.39 is 11.7 Å². The summed E-state index contributed by atoms with van der Waals surface area (Å²) >= 11 is 0. The van der Waals surface area contributed by atoms with Crippen LogP contribution in [0.25, 0.3) is 6.08 Å². The number of amides is 1. The molecule has 1 saturated heterocycles. The molecule has 3 rings (SSSR count). The number of hydrogen-bond acceptors (Lipinski definition) is 5. The Bertz CT molecular complexity index is 883. The molecule has 1 aliphatic rings. The molecule has 0 radical (unpaired) electrons. The van der Waals surface area contributed by atoms with Gasteiger partial charge in [0.1, 0.15) is 11.5 Å². The Morgan fingerprint density at radius 2 is 1.72 bits per heavy atom. The van der Waals surface area contributed by atoms with Crippen molar-refractivity contribution in [2.75, 3.05) is 44.6 Å². The van der Waals surface area contributed by atoms with Gasteiger partial charge in [-0.2, -0.15) is 0 Å². The molecule has 0 spiro atoms. The minimum Gasteiger partial charge on any atom is -0.493 e. The molecule has 6 nitrogen and oxygen atoms in total. The number of carbonyl (C=O) groups is 1. The zero-order valence-corrected chi connectivity index (χ0v) is 16.8.